The second kappa shape index (κ2) is 13.6. The molecular weight excluding hydrogens is 616 g/mol. The van der Waals surface area contributed by atoms with E-state index in [0.717, 1.165) is 52.4 Å². The van der Waals surface area contributed by atoms with Crippen molar-refractivity contribution < 1.29 is 45.0 Å². The van der Waals surface area contributed by atoms with Gasteiger partial charge in [-0.2, -0.15) is 16.8 Å². The Bertz CT molecular complexity index is 1570. The number of aliphatic hydroxyl groups excluding tert-OH is 1. The zero-order chi connectivity index (χ0) is 31.5. The van der Waals surface area contributed by atoms with Crippen LogP contribution in [-0.2, 0) is 29.2 Å². The molecule has 6 fully saturated rings. The van der Waals surface area contributed by atoms with E-state index in [0.29, 0.717) is 12.6 Å². The number of esters is 1. The molecule has 2 atom stereocenters. The summed E-state index contributed by atoms with van der Waals surface area (Å²) in [5, 5.41) is 8.94. The zero-order valence-corrected chi connectivity index (χ0v) is 25.7. The molecule has 0 spiro atoms. The molecule has 6 saturated heterocycles. The van der Waals surface area contributed by atoms with Gasteiger partial charge in [0.2, 0.25) is 0 Å². The van der Waals surface area contributed by atoms with Crippen molar-refractivity contribution in [2.24, 2.45) is 0 Å². The van der Waals surface area contributed by atoms with Gasteiger partial charge in [0.15, 0.2) is 0 Å². The molecule has 9 rings (SSSR count). The van der Waals surface area contributed by atoms with Gasteiger partial charge in [0.25, 0.3) is 10.1 Å². The van der Waals surface area contributed by atoms with Crippen LogP contribution in [0, 0.1) is 0 Å². The van der Waals surface area contributed by atoms with Gasteiger partial charge in [-0.1, -0.05) is 24.3 Å². The highest BCUT2D eigenvalue weighted by Crippen LogP contribution is 2.26. The average molecular weight is 653 g/mol. The Morgan fingerprint density at radius 1 is 0.864 bits per heavy atom. The van der Waals surface area contributed by atoms with Crippen molar-refractivity contribution in [2.75, 3.05) is 78.7 Å². The molecule has 44 heavy (non-hydrogen) atoms. The first-order chi connectivity index (χ1) is 21.0. The second-order valence-electron chi connectivity index (χ2n) is 11.1. The molecule has 2 aromatic rings. The molecule has 240 valence electrons. The number of fused-ring (bicyclic) bond motifs is 7. The van der Waals surface area contributed by atoms with E-state index in [-0.39, 0.29) is 28.7 Å². The SMILES string of the molecule is O=C(OCC1CN2CCN1CC2)c1ccccc1S(=O)(=O)O.O=C1OS(=O)(=O)c2ccccc21.OCC1CN2CCN1CC2. The van der Waals surface area contributed by atoms with Gasteiger partial charge >= 0.3 is 22.1 Å². The molecule has 0 saturated carbocycles. The molecule has 0 aliphatic carbocycles. The summed E-state index contributed by atoms with van der Waals surface area (Å²) in [6.07, 6.45) is 0. The number of rotatable bonds is 5. The Kier molecular flexibility index (Phi) is 10.0. The maximum atomic E-state index is 12.1. The Balaban J connectivity index is 0.000000146. The second-order valence-corrected chi connectivity index (χ2v) is 14.0. The highest BCUT2D eigenvalue weighted by atomic mass is 32.2. The van der Waals surface area contributed by atoms with Crippen LogP contribution < -0.4 is 0 Å². The zero-order valence-electron chi connectivity index (χ0n) is 24.0. The molecule has 7 aliphatic rings. The summed E-state index contributed by atoms with van der Waals surface area (Å²) in [6, 6.07) is 12.0. The summed E-state index contributed by atoms with van der Waals surface area (Å²) in [5.41, 5.74) is -0.0289. The van der Waals surface area contributed by atoms with Crippen LogP contribution in [0.4, 0.5) is 0 Å². The van der Waals surface area contributed by atoms with Gasteiger partial charge in [-0.25, -0.2) is 9.59 Å². The number of hydrogen-bond donors (Lipinski definition) is 2. The predicted molar refractivity (Wildman–Crippen MR) is 156 cm³/mol. The number of carbonyl (C=O) groups is 2. The molecule has 0 radical (unpaired) electrons. The number of hydrogen-bond acceptors (Lipinski definition) is 13. The van der Waals surface area contributed by atoms with Gasteiger partial charge in [0.05, 0.1) is 23.8 Å². The molecule has 2 unspecified atom stereocenters. The quantitative estimate of drug-likeness (QED) is 0.243. The van der Waals surface area contributed by atoms with Crippen molar-refractivity contribution in [3.8, 4) is 0 Å². The lowest BCUT2D eigenvalue weighted by molar-refractivity contribution is -0.0217. The number of piperazine rings is 6. The number of aliphatic hydroxyl groups is 1. The first-order valence-electron chi connectivity index (χ1n) is 14.3. The van der Waals surface area contributed by atoms with E-state index in [4.69, 9.17) is 9.84 Å². The topological polar surface area (TPSA) is 174 Å². The third-order valence-electron chi connectivity index (χ3n) is 8.35. The normalized spacial score (nSPS) is 29.3. The standard InChI is InChI=1S/C14H18N2O5S.C7H14N2O.C7H4O4S/c17-14(12-3-1-2-4-13(12)22(18,19)20)21-10-11-9-15-5-7-16(11)8-6-15;10-6-7-5-8-1-3-9(7)4-2-8;8-7-5-3-1-2-4-6(5)12(9,10)11-7/h1-4,11H,5-10H2,(H,18,19,20);7,10H,1-6H2;1-4H. The fourth-order valence-electron chi connectivity index (χ4n) is 5.93. The molecule has 7 heterocycles. The Morgan fingerprint density at radius 3 is 1.91 bits per heavy atom. The van der Waals surface area contributed by atoms with Crippen molar-refractivity contribution in [1.82, 2.24) is 19.6 Å². The minimum absolute atomic E-state index is 0.0463. The maximum Gasteiger partial charge on any atom is 0.355 e. The van der Waals surface area contributed by atoms with E-state index in [1.165, 1.54) is 49.5 Å². The van der Waals surface area contributed by atoms with Crippen molar-refractivity contribution in [2.45, 2.75) is 21.9 Å². The van der Waals surface area contributed by atoms with E-state index < -0.39 is 37.1 Å². The van der Waals surface area contributed by atoms with E-state index in [1.807, 2.05) is 0 Å². The van der Waals surface area contributed by atoms with Crippen LogP contribution in [0.3, 0.4) is 0 Å². The lowest BCUT2D eigenvalue weighted by atomic mass is 10.1. The van der Waals surface area contributed by atoms with Gasteiger partial charge < -0.3 is 14.0 Å². The van der Waals surface area contributed by atoms with E-state index >= 15 is 0 Å². The monoisotopic (exact) mass is 652 g/mol. The van der Waals surface area contributed by atoms with Crippen LogP contribution in [-0.4, -0.2) is 149 Å². The summed E-state index contributed by atoms with van der Waals surface area (Å²) in [4.78, 5) is 32.0. The van der Waals surface area contributed by atoms with Crippen LogP contribution in [0.5, 0.6) is 0 Å². The van der Waals surface area contributed by atoms with E-state index in [1.54, 1.807) is 12.1 Å². The average Bonchev–Trinajstić information content (AvgIpc) is 3.28. The van der Waals surface area contributed by atoms with Gasteiger partial charge in [-0.05, 0) is 24.3 Å². The molecule has 2 N–H and O–H groups in total. The Hall–Kier alpha value is -2.96. The lowest BCUT2D eigenvalue weighted by Crippen LogP contribution is -2.62. The third kappa shape index (κ3) is 7.46. The first-order valence-corrected chi connectivity index (χ1v) is 17.2. The van der Waals surface area contributed by atoms with Gasteiger partial charge in [-0.3, -0.25) is 24.2 Å². The van der Waals surface area contributed by atoms with Crippen LogP contribution in [0.1, 0.15) is 20.7 Å². The van der Waals surface area contributed by atoms with Crippen molar-refractivity contribution in [3.05, 3.63) is 59.7 Å². The summed E-state index contributed by atoms with van der Waals surface area (Å²) < 4.78 is 63.2. The molecular formula is C28H36N4O10S2. The lowest BCUT2D eigenvalue weighted by Gasteiger charge is -2.47. The van der Waals surface area contributed by atoms with Gasteiger partial charge in [-0.15, -0.1) is 0 Å². The van der Waals surface area contributed by atoms with Crippen LogP contribution in [0.2, 0.25) is 0 Å². The molecule has 16 heteroatoms. The number of benzene rings is 2. The largest absolute Gasteiger partial charge is 0.460 e. The maximum absolute atomic E-state index is 12.1. The summed E-state index contributed by atoms with van der Waals surface area (Å²) in [6.45, 7) is 11.2. The van der Waals surface area contributed by atoms with Gasteiger partial charge in [0.1, 0.15) is 16.4 Å². The molecule has 0 aromatic heterocycles. The fraction of sp³-hybridized carbons (Fsp3) is 0.500. The number of nitrogens with zero attached hydrogens (tertiary/aromatic N) is 4. The Morgan fingerprint density at radius 2 is 1.41 bits per heavy atom. The summed E-state index contributed by atoms with van der Waals surface area (Å²) >= 11 is 0. The van der Waals surface area contributed by atoms with E-state index in [2.05, 4.69) is 23.8 Å². The summed E-state index contributed by atoms with van der Waals surface area (Å²) in [5.74, 6) is -1.53. The smallest absolute Gasteiger partial charge is 0.355 e. The highest BCUT2D eigenvalue weighted by molar-refractivity contribution is 7.87. The first kappa shape index (κ1) is 32.4. The molecule has 4 bridgehead atoms. The fourth-order valence-corrected chi connectivity index (χ4v) is 7.66. The molecule has 7 aliphatic heterocycles. The van der Waals surface area contributed by atoms with Crippen molar-refractivity contribution >= 4 is 32.2 Å². The molecule has 2 aromatic carbocycles. The van der Waals surface area contributed by atoms with Crippen LogP contribution >= 0.6 is 0 Å². The predicted octanol–water partition coefficient (Wildman–Crippen LogP) is -0.386. The summed E-state index contributed by atoms with van der Waals surface area (Å²) in [7, 11) is -8.25. The highest BCUT2D eigenvalue weighted by Gasteiger charge is 2.35. The van der Waals surface area contributed by atoms with Crippen LogP contribution in [0.15, 0.2) is 58.3 Å². The Labute approximate surface area is 256 Å². The van der Waals surface area contributed by atoms with Crippen molar-refractivity contribution in [1.29, 1.82) is 0 Å². The molecule has 0 amide bonds. The number of ether oxygens (including phenoxy) is 1. The van der Waals surface area contributed by atoms with Crippen molar-refractivity contribution in [3.63, 3.8) is 0 Å². The number of carbonyl (C=O) groups excluding carboxylic acids is 2. The van der Waals surface area contributed by atoms with Gasteiger partial charge in [0, 0.05) is 71.5 Å². The van der Waals surface area contributed by atoms with Crippen LogP contribution in [0.25, 0.3) is 0 Å². The minimum Gasteiger partial charge on any atom is -0.460 e. The molecule has 14 nitrogen and oxygen atoms in total. The van der Waals surface area contributed by atoms with E-state index in [9.17, 15) is 31.0 Å². The third-order valence-corrected chi connectivity index (χ3v) is 10.5. The minimum atomic E-state index is -4.45.